The van der Waals surface area contributed by atoms with Gasteiger partial charge in [0, 0.05) is 44.5 Å². The van der Waals surface area contributed by atoms with E-state index in [1.54, 1.807) is 35.2 Å². The standard InChI is InChI=1S/C27H33FN6O2/c1-20-8-9-21(15-29)14-25(20)33(18-26(35)30-10-13-32-11-3-4-12-32)19-27(36)31(2)34-16-22-6-5-7-24(28)23(22)17-34/h5-9,14H,3-4,10-13,16-19H2,1-2H3,(H,30,35). The van der Waals surface area contributed by atoms with E-state index in [1.165, 1.54) is 23.9 Å². The summed E-state index contributed by atoms with van der Waals surface area (Å²) in [5.74, 6) is -0.677. The summed E-state index contributed by atoms with van der Waals surface area (Å²) in [5.41, 5.74) is 3.46. The number of hydrazine groups is 1. The number of likely N-dealkylation sites (N-methyl/N-ethyl adjacent to an activating group) is 1. The molecule has 0 aliphatic carbocycles. The van der Waals surface area contributed by atoms with Gasteiger partial charge >= 0.3 is 0 Å². The van der Waals surface area contributed by atoms with E-state index in [9.17, 15) is 19.2 Å². The first kappa shape index (κ1) is 25.6. The molecule has 9 heteroatoms. The monoisotopic (exact) mass is 492 g/mol. The highest BCUT2D eigenvalue weighted by Gasteiger charge is 2.28. The molecule has 8 nitrogen and oxygen atoms in total. The summed E-state index contributed by atoms with van der Waals surface area (Å²) in [6.45, 7) is 6.06. The van der Waals surface area contributed by atoms with Crippen LogP contribution >= 0.6 is 0 Å². The number of anilines is 1. The molecule has 36 heavy (non-hydrogen) atoms. The average Bonchev–Trinajstić information content (AvgIpc) is 3.54. The number of hydrogen-bond donors (Lipinski definition) is 1. The third kappa shape index (κ3) is 6.01. The van der Waals surface area contributed by atoms with E-state index in [0.717, 1.165) is 30.8 Å². The summed E-state index contributed by atoms with van der Waals surface area (Å²) in [7, 11) is 1.67. The molecule has 4 rings (SSSR count). The number of aryl methyl sites for hydroxylation is 1. The number of benzene rings is 2. The van der Waals surface area contributed by atoms with Crippen LogP contribution in [0.4, 0.5) is 10.1 Å². The van der Waals surface area contributed by atoms with Crippen molar-refractivity contribution in [1.82, 2.24) is 20.2 Å². The van der Waals surface area contributed by atoms with Gasteiger partial charge in [-0.1, -0.05) is 18.2 Å². The maximum Gasteiger partial charge on any atom is 0.256 e. The van der Waals surface area contributed by atoms with Crippen LogP contribution in [-0.2, 0) is 22.7 Å². The van der Waals surface area contributed by atoms with Crippen molar-refractivity contribution in [3.05, 3.63) is 64.5 Å². The van der Waals surface area contributed by atoms with Crippen LogP contribution in [0.2, 0.25) is 0 Å². The number of carbonyl (C=O) groups excluding carboxylic acids is 2. The maximum atomic E-state index is 14.2. The zero-order valence-electron chi connectivity index (χ0n) is 21.0. The average molecular weight is 493 g/mol. The van der Waals surface area contributed by atoms with Crippen LogP contribution < -0.4 is 10.2 Å². The molecule has 0 atom stereocenters. The van der Waals surface area contributed by atoms with E-state index in [1.807, 2.05) is 19.1 Å². The summed E-state index contributed by atoms with van der Waals surface area (Å²) in [4.78, 5) is 30.2. The van der Waals surface area contributed by atoms with E-state index >= 15 is 0 Å². The van der Waals surface area contributed by atoms with Crippen LogP contribution in [0.1, 0.15) is 35.1 Å². The topological polar surface area (TPSA) is 82.9 Å². The summed E-state index contributed by atoms with van der Waals surface area (Å²) < 4.78 is 14.2. The first-order valence-corrected chi connectivity index (χ1v) is 12.4. The molecule has 2 aromatic rings. The predicted molar refractivity (Wildman–Crippen MR) is 135 cm³/mol. The van der Waals surface area contributed by atoms with Crippen molar-refractivity contribution in [3.63, 3.8) is 0 Å². The van der Waals surface area contributed by atoms with E-state index in [4.69, 9.17) is 0 Å². The Hall–Kier alpha value is -3.48. The molecule has 2 amide bonds. The van der Waals surface area contributed by atoms with E-state index in [0.29, 0.717) is 36.4 Å². The van der Waals surface area contributed by atoms with Gasteiger partial charge in [0.2, 0.25) is 5.91 Å². The van der Waals surface area contributed by atoms with Gasteiger partial charge in [-0.3, -0.25) is 14.6 Å². The summed E-state index contributed by atoms with van der Waals surface area (Å²) >= 11 is 0. The lowest BCUT2D eigenvalue weighted by Gasteiger charge is -2.32. The molecule has 1 fully saturated rings. The lowest BCUT2D eigenvalue weighted by molar-refractivity contribution is -0.145. The lowest BCUT2D eigenvalue weighted by atomic mass is 10.1. The maximum absolute atomic E-state index is 14.2. The van der Waals surface area contributed by atoms with Gasteiger partial charge in [-0.2, -0.15) is 5.26 Å². The SMILES string of the molecule is Cc1ccc(C#N)cc1N(CC(=O)NCCN1CCCC1)CC(=O)N(C)N1Cc2cccc(F)c2C1. The van der Waals surface area contributed by atoms with Crippen LogP contribution in [0.25, 0.3) is 0 Å². The number of carbonyl (C=O) groups is 2. The second-order valence-electron chi connectivity index (χ2n) is 9.49. The Kier molecular flexibility index (Phi) is 8.18. The van der Waals surface area contributed by atoms with Gasteiger partial charge in [0.1, 0.15) is 5.82 Å². The Morgan fingerprint density at radius 3 is 2.64 bits per heavy atom. The number of likely N-dealkylation sites (tertiary alicyclic amines) is 1. The molecule has 0 bridgehead atoms. The number of nitriles is 1. The van der Waals surface area contributed by atoms with Gasteiger partial charge in [0.25, 0.3) is 5.91 Å². The minimum atomic E-state index is -0.271. The fourth-order valence-corrected chi connectivity index (χ4v) is 4.83. The zero-order valence-corrected chi connectivity index (χ0v) is 21.0. The first-order chi connectivity index (χ1) is 17.4. The molecule has 2 aromatic carbocycles. The van der Waals surface area contributed by atoms with E-state index < -0.39 is 0 Å². The molecule has 0 aromatic heterocycles. The molecule has 1 saturated heterocycles. The number of hydrogen-bond acceptors (Lipinski definition) is 6. The molecular weight excluding hydrogens is 459 g/mol. The Balaban J connectivity index is 1.44. The number of halogens is 1. The minimum Gasteiger partial charge on any atom is -0.353 e. The smallest absolute Gasteiger partial charge is 0.256 e. The van der Waals surface area contributed by atoms with Crippen molar-refractivity contribution in [3.8, 4) is 6.07 Å². The highest BCUT2D eigenvalue weighted by atomic mass is 19.1. The number of fused-ring (bicyclic) bond motifs is 1. The molecule has 2 aliphatic rings. The third-order valence-corrected chi connectivity index (χ3v) is 6.98. The quantitative estimate of drug-likeness (QED) is 0.579. The molecular formula is C27H33FN6O2. The molecule has 190 valence electrons. The van der Waals surface area contributed by atoms with Crippen LogP contribution in [0, 0.1) is 24.1 Å². The fourth-order valence-electron chi connectivity index (χ4n) is 4.83. The normalized spacial score (nSPS) is 15.4. The Morgan fingerprint density at radius 2 is 1.92 bits per heavy atom. The molecule has 2 aliphatic heterocycles. The highest BCUT2D eigenvalue weighted by molar-refractivity contribution is 5.86. The Morgan fingerprint density at radius 1 is 1.14 bits per heavy atom. The van der Waals surface area contributed by atoms with Gasteiger partial charge in [-0.05, 0) is 62.2 Å². The third-order valence-electron chi connectivity index (χ3n) is 6.98. The van der Waals surface area contributed by atoms with Gasteiger partial charge in [0.05, 0.1) is 24.7 Å². The highest BCUT2D eigenvalue weighted by Crippen LogP contribution is 2.27. The number of amides is 2. The van der Waals surface area contributed by atoms with Crippen molar-refractivity contribution in [2.24, 2.45) is 0 Å². The second kappa shape index (κ2) is 11.5. The molecule has 0 radical (unpaired) electrons. The summed E-state index contributed by atoms with van der Waals surface area (Å²) in [5, 5.41) is 15.7. The number of rotatable bonds is 9. The van der Waals surface area contributed by atoms with Crippen molar-refractivity contribution in [2.75, 3.05) is 51.2 Å². The molecule has 2 heterocycles. The molecule has 0 unspecified atom stereocenters. The van der Waals surface area contributed by atoms with E-state index in [2.05, 4.69) is 16.3 Å². The molecule has 0 spiro atoms. The van der Waals surface area contributed by atoms with Crippen molar-refractivity contribution in [1.29, 1.82) is 5.26 Å². The molecule has 0 saturated carbocycles. The van der Waals surface area contributed by atoms with Crippen LogP contribution in [0.3, 0.4) is 0 Å². The van der Waals surface area contributed by atoms with Crippen molar-refractivity contribution in [2.45, 2.75) is 32.9 Å². The fraction of sp³-hybridized carbons (Fsp3) is 0.444. The Bertz CT molecular complexity index is 1160. The van der Waals surface area contributed by atoms with Gasteiger partial charge in [-0.15, -0.1) is 0 Å². The number of nitrogens with zero attached hydrogens (tertiary/aromatic N) is 5. The molecule has 1 N–H and O–H groups in total. The van der Waals surface area contributed by atoms with Gasteiger partial charge < -0.3 is 15.1 Å². The second-order valence-corrected chi connectivity index (χ2v) is 9.49. The van der Waals surface area contributed by atoms with E-state index in [-0.39, 0.29) is 30.7 Å². The van der Waals surface area contributed by atoms with Crippen LogP contribution in [0.15, 0.2) is 36.4 Å². The van der Waals surface area contributed by atoms with Crippen LogP contribution in [0.5, 0.6) is 0 Å². The summed E-state index contributed by atoms with van der Waals surface area (Å²) in [6.07, 6.45) is 2.39. The Labute approximate surface area is 211 Å². The predicted octanol–water partition coefficient (Wildman–Crippen LogP) is 2.41. The van der Waals surface area contributed by atoms with Crippen molar-refractivity contribution >= 4 is 17.5 Å². The lowest BCUT2D eigenvalue weighted by Crippen LogP contribution is -2.48. The van der Waals surface area contributed by atoms with Crippen LogP contribution in [-0.4, -0.2) is 73.0 Å². The minimum absolute atomic E-state index is 0.00977. The van der Waals surface area contributed by atoms with Gasteiger partial charge in [-0.25, -0.2) is 9.40 Å². The summed E-state index contributed by atoms with van der Waals surface area (Å²) in [6, 6.07) is 12.4. The largest absolute Gasteiger partial charge is 0.353 e. The zero-order chi connectivity index (χ0) is 25.7. The first-order valence-electron chi connectivity index (χ1n) is 12.4. The number of nitrogens with one attached hydrogen (secondary N) is 1. The van der Waals surface area contributed by atoms with Crippen molar-refractivity contribution < 1.29 is 14.0 Å². The van der Waals surface area contributed by atoms with Gasteiger partial charge in [0.15, 0.2) is 0 Å².